The van der Waals surface area contributed by atoms with E-state index in [0.29, 0.717) is 32.4 Å². The van der Waals surface area contributed by atoms with Crippen LogP contribution in [0.1, 0.15) is 18.4 Å². The zero-order valence-corrected chi connectivity index (χ0v) is 11.0. The Kier molecular flexibility index (Phi) is 6.90. The third-order valence-corrected chi connectivity index (χ3v) is 2.62. The predicted octanol–water partition coefficient (Wildman–Crippen LogP) is 2.44. The number of benzene rings is 1. The summed E-state index contributed by atoms with van der Waals surface area (Å²) in [6.07, 6.45) is 1.82. The van der Waals surface area contributed by atoms with Crippen LogP contribution in [-0.2, 0) is 11.2 Å². The summed E-state index contributed by atoms with van der Waals surface area (Å²) in [6.45, 7) is 0.954. The first-order valence-electron chi connectivity index (χ1n) is 6.16. The number of azide groups is 1. The van der Waals surface area contributed by atoms with Crippen LogP contribution in [0.2, 0.25) is 0 Å². The Morgan fingerprint density at radius 2 is 2.16 bits per heavy atom. The number of rotatable bonds is 8. The molecule has 1 aromatic rings. The molecule has 0 spiro atoms. The van der Waals surface area contributed by atoms with Crippen LogP contribution in [0.5, 0.6) is 5.75 Å². The van der Waals surface area contributed by atoms with Crippen LogP contribution in [0.15, 0.2) is 29.4 Å². The Balaban J connectivity index is 2.20. The predicted molar refractivity (Wildman–Crippen MR) is 73.0 cm³/mol. The second kappa shape index (κ2) is 8.83. The molecule has 0 saturated carbocycles. The van der Waals surface area contributed by atoms with E-state index in [1.807, 2.05) is 24.3 Å². The molecule has 0 aliphatic rings. The molecule has 0 aliphatic carbocycles. The molecule has 0 unspecified atom stereocenters. The first-order chi connectivity index (χ1) is 9.26. The van der Waals surface area contributed by atoms with Crippen molar-refractivity contribution in [1.82, 2.24) is 5.32 Å². The number of carbonyl (C=O) groups excluding carboxylic acids is 1. The monoisotopic (exact) mass is 262 g/mol. The number of nitrogens with zero attached hydrogens (tertiary/aromatic N) is 3. The first-order valence-corrected chi connectivity index (χ1v) is 6.16. The van der Waals surface area contributed by atoms with Crippen molar-refractivity contribution in [3.63, 3.8) is 0 Å². The lowest BCUT2D eigenvalue weighted by molar-refractivity contribution is -0.121. The lowest BCUT2D eigenvalue weighted by Gasteiger charge is -2.05. The normalized spacial score (nSPS) is 9.53. The van der Waals surface area contributed by atoms with Gasteiger partial charge in [-0.15, -0.1) is 0 Å². The van der Waals surface area contributed by atoms with Gasteiger partial charge in [0.2, 0.25) is 5.91 Å². The fourth-order valence-corrected chi connectivity index (χ4v) is 1.56. The summed E-state index contributed by atoms with van der Waals surface area (Å²) in [5.41, 5.74) is 9.19. The molecule has 1 aromatic carbocycles. The number of nitrogens with one attached hydrogen (secondary N) is 1. The molecule has 0 atom stereocenters. The molecule has 0 heterocycles. The van der Waals surface area contributed by atoms with Crippen LogP contribution in [0.25, 0.3) is 10.4 Å². The topological polar surface area (TPSA) is 87.1 Å². The number of methoxy groups -OCH3 is 1. The van der Waals surface area contributed by atoms with Crippen molar-refractivity contribution in [2.45, 2.75) is 19.3 Å². The van der Waals surface area contributed by atoms with Crippen molar-refractivity contribution in [1.29, 1.82) is 0 Å². The third-order valence-electron chi connectivity index (χ3n) is 2.62. The largest absolute Gasteiger partial charge is 0.497 e. The molecule has 0 fully saturated rings. The van der Waals surface area contributed by atoms with Gasteiger partial charge in [-0.25, -0.2) is 0 Å². The number of amides is 1. The van der Waals surface area contributed by atoms with E-state index in [1.165, 1.54) is 0 Å². The minimum Gasteiger partial charge on any atom is -0.497 e. The van der Waals surface area contributed by atoms with Crippen molar-refractivity contribution in [2.75, 3.05) is 20.2 Å². The SMILES string of the molecule is COc1ccc(CCC(=O)NCCCN=[N+]=[N-])cc1. The van der Waals surface area contributed by atoms with E-state index in [9.17, 15) is 4.79 Å². The Morgan fingerprint density at radius 3 is 2.79 bits per heavy atom. The highest BCUT2D eigenvalue weighted by Gasteiger charge is 2.01. The average molecular weight is 262 g/mol. The van der Waals surface area contributed by atoms with Gasteiger partial charge in [-0.2, -0.15) is 0 Å². The highest BCUT2D eigenvalue weighted by atomic mass is 16.5. The van der Waals surface area contributed by atoms with Crippen LogP contribution in [0, 0.1) is 0 Å². The minimum atomic E-state index is 0.0109. The quantitative estimate of drug-likeness (QED) is 0.337. The van der Waals surface area contributed by atoms with E-state index in [-0.39, 0.29) is 5.91 Å². The summed E-state index contributed by atoms with van der Waals surface area (Å²) in [7, 11) is 1.62. The molecule has 1 amide bonds. The standard InChI is InChI=1S/C13H18N4O2/c1-19-12-6-3-11(4-7-12)5-8-13(18)15-9-2-10-16-17-14/h3-4,6-7H,2,5,8-10H2,1H3,(H,15,18). The molecular formula is C13H18N4O2. The zero-order valence-electron chi connectivity index (χ0n) is 11.0. The van der Waals surface area contributed by atoms with E-state index in [0.717, 1.165) is 11.3 Å². The average Bonchev–Trinajstić information content (AvgIpc) is 2.45. The van der Waals surface area contributed by atoms with Crippen molar-refractivity contribution >= 4 is 5.91 Å². The summed E-state index contributed by atoms with van der Waals surface area (Å²) in [5, 5.41) is 6.18. The van der Waals surface area contributed by atoms with Crippen molar-refractivity contribution in [3.8, 4) is 5.75 Å². The van der Waals surface area contributed by atoms with E-state index in [1.54, 1.807) is 7.11 Å². The van der Waals surface area contributed by atoms with Gasteiger partial charge in [0.15, 0.2) is 0 Å². The van der Waals surface area contributed by atoms with Crippen LogP contribution in [-0.4, -0.2) is 26.1 Å². The minimum absolute atomic E-state index is 0.0109. The van der Waals surface area contributed by atoms with Gasteiger partial charge in [0.1, 0.15) is 5.75 Å². The Bertz CT molecular complexity index is 438. The highest BCUT2D eigenvalue weighted by Crippen LogP contribution is 2.12. The summed E-state index contributed by atoms with van der Waals surface area (Å²) < 4.78 is 5.07. The Hall–Kier alpha value is -2.20. The molecule has 1 N–H and O–H groups in total. The molecular weight excluding hydrogens is 244 g/mol. The molecule has 0 saturated heterocycles. The van der Waals surface area contributed by atoms with Gasteiger partial charge in [0.25, 0.3) is 0 Å². The van der Waals surface area contributed by atoms with Gasteiger partial charge < -0.3 is 10.1 Å². The van der Waals surface area contributed by atoms with Gasteiger partial charge >= 0.3 is 0 Å². The van der Waals surface area contributed by atoms with Crippen molar-refractivity contribution in [2.24, 2.45) is 5.11 Å². The first kappa shape index (κ1) is 14.9. The second-order valence-electron chi connectivity index (χ2n) is 4.01. The molecule has 0 aliphatic heterocycles. The maximum atomic E-state index is 11.5. The molecule has 102 valence electrons. The van der Waals surface area contributed by atoms with Gasteiger partial charge in [-0.1, -0.05) is 17.2 Å². The van der Waals surface area contributed by atoms with E-state index < -0.39 is 0 Å². The number of aryl methyl sites for hydroxylation is 1. The number of hydrogen-bond acceptors (Lipinski definition) is 3. The number of ether oxygens (including phenoxy) is 1. The van der Waals surface area contributed by atoms with Gasteiger partial charge in [0.05, 0.1) is 7.11 Å². The van der Waals surface area contributed by atoms with Crippen LogP contribution < -0.4 is 10.1 Å². The Morgan fingerprint density at radius 1 is 1.42 bits per heavy atom. The van der Waals surface area contributed by atoms with Crippen LogP contribution in [0.3, 0.4) is 0 Å². The van der Waals surface area contributed by atoms with Gasteiger partial charge in [-0.3, -0.25) is 4.79 Å². The van der Waals surface area contributed by atoms with Gasteiger partial charge in [0, 0.05) is 24.4 Å². The van der Waals surface area contributed by atoms with E-state index in [2.05, 4.69) is 15.3 Å². The van der Waals surface area contributed by atoms with E-state index >= 15 is 0 Å². The fourth-order valence-electron chi connectivity index (χ4n) is 1.56. The third kappa shape index (κ3) is 6.33. The lowest BCUT2D eigenvalue weighted by Crippen LogP contribution is -2.25. The summed E-state index contributed by atoms with van der Waals surface area (Å²) in [4.78, 5) is 14.2. The lowest BCUT2D eigenvalue weighted by atomic mass is 10.1. The van der Waals surface area contributed by atoms with Gasteiger partial charge in [-0.05, 0) is 36.1 Å². The number of hydrogen-bond donors (Lipinski definition) is 1. The van der Waals surface area contributed by atoms with Crippen LogP contribution in [0.4, 0.5) is 0 Å². The summed E-state index contributed by atoms with van der Waals surface area (Å²) in [6, 6.07) is 7.67. The smallest absolute Gasteiger partial charge is 0.220 e. The van der Waals surface area contributed by atoms with E-state index in [4.69, 9.17) is 10.3 Å². The number of carbonyl (C=O) groups is 1. The molecule has 6 heteroatoms. The Labute approximate surface area is 112 Å². The summed E-state index contributed by atoms with van der Waals surface area (Å²) >= 11 is 0. The molecule has 0 aromatic heterocycles. The van der Waals surface area contributed by atoms with Crippen LogP contribution >= 0.6 is 0 Å². The zero-order chi connectivity index (χ0) is 13.9. The maximum absolute atomic E-state index is 11.5. The molecule has 0 bridgehead atoms. The van der Waals surface area contributed by atoms with Crippen molar-refractivity contribution in [3.05, 3.63) is 40.3 Å². The fraction of sp³-hybridized carbons (Fsp3) is 0.462. The second-order valence-corrected chi connectivity index (χ2v) is 4.01. The van der Waals surface area contributed by atoms with Crippen molar-refractivity contribution < 1.29 is 9.53 Å². The highest BCUT2D eigenvalue weighted by molar-refractivity contribution is 5.76. The molecule has 19 heavy (non-hydrogen) atoms. The molecule has 1 rings (SSSR count). The maximum Gasteiger partial charge on any atom is 0.220 e. The summed E-state index contributed by atoms with van der Waals surface area (Å²) in [5.74, 6) is 0.822. The molecule has 0 radical (unpaired) electrons. The molecule has 6 nitrogen and oxygen atoms in total.